The van der Waals surface area contributed by atoms with Crippen molar-refractivity contribution in [2.75, 3.05) is 5.32 Å². The van der Waals surface area contributed by atoms with Gasteiger partial charge in [0.05, 0.1) is 11.9 Å². The summed E-state index contributed by atoms with van der Waals surface area (Å²) in [4.78, 5) is 15.3. The van der Waals surface area contributed by atoms with E-state index in [1.165, 1.54) is 10.9 Å². The maximum atomic E-state index is 4.40. The van der Waals surface area contributed by atoms with Crippen LogP contribution in [0.15, 0.2) is 42.9 Å². The fourth-order valence-corrected chi connectivity index (χ4v) is 2.85. The van der Waals surface area contributed by atoms with E-state index in [4.69, 9.17) is 0 Å². The van der Waals surface area contributed by atoms with Crippen LogP contribution in [-0.2, 0) is 13.0 Å². The van der Waals surface area contributed by atoms with Crippen LogP contribution in [0.5, 0.6) is 0 Å². The Balaban J connectivity index is 1.64. The zero-order valence-electron chi connectivity index (χ0n) is 12.4. The topological polar surface area (TPSA) is 69.4 Å². The van der Waals surface area contributed by atoms with Gasteiger partial charge in [0.15, 0.2) is 0 Å². The van der Waals surface area contributed by atoms with E-state index < -0.39 is 0 Å². The lowest BCUT2D eigenvalue weighted by molar-refractivity contribution is 1.06. The molecule has 0 saturated carbocycles. The molecule has 5 nitrogen and oxygen atoms in total. The molecule has 0 unspecified atom stereocenters. The first-order valence-electron chi connectivity index (χ1n) is 7.46. The smallest absolute Gasteiger partial charge is 0.143 e. The summed E-state index contributed by atoms with van der Waals surface area (Å²) in [6.07, 6.45) is 4.55. The van der Waals surface area contributed by atoms with Gasteiger partial charge in [-0.05, 0) is 29.5 Å². The number of nitrogens with zero attached hydrogens (tertiary/aromatic N) is 2. The summed E-state index contributed by atoms with van der Waals surface area (Å²) in [5.74, 6) is 0.877. The predicted molar refractivity (Wildman–Crippen MR) is 88.9 cm³/mol. The molecule has 0 aliphatic rings. The lowest BCUT2D eigenvalue weighted by Gasteiger charge is -2.06. The summed E-state index contributed by atoms with van der Waals surface area (Å²) in [5, 5.41) is 5.73. The van der Waals surface area contributed by atoms with Crippen molar-refractivity contribution < 1.29 is 0 Å². The van der Waals surface area contributed by atoms with Crippen LogP contribution in [0, 0.1) is 0 Å². The van der Waals surface area contributed by atoms with Crippen LogP contribution in [-0.4, -0.2) is 19.9 Å². The molecule has 0 aliphatic heterocycles. The van der Waals surface area contributed by atoms with Crippen molar-refractivity contribution in [1.82, 2.24) is 19.9 Å². The van der Waals surface area contributed by atoms with E-state index in [-0.39, 0.29) is 0 Å². The van der Waals surface area contributed by atoms with Gasteiger partial charge in [-0.1, -0.05) is 25.1 Å². The second-order valence-electron chi connectivity index (χ2n) is 5.35. The van der Waals surface area contributed by atoms with Gasteiger partial charge < -0.3 is 15.3 Å². The number of fused-ring (bicyclic) bond motifs is 2. The summed E-state index contributed by atoms with van der Waals surface area (Å²) in [6, 6.07) is 10.5. The van der Waals surface area contributed by atoms with Gasteiger partial charge in [-0.3, -0.25) is 0 Å². The molecular formula is C17H17N5. The zero-order valence-corrected chi connectivity index (χ0v) is 12.4. The first-order valence-corrected chi connectivity index (χ1v) is 7.46. The highest BCUT2D eigenvalue weighted by molar-refractivity contribution is 5.90. The largest absolute Gasteiger partial charge is 0.364 e. The lowest BCUT2D eigenvalue weighted by atomic mass is 10.2. The number of anilines is 1. The van der Waals surface area contributed by atoms with E-state index in [9.17, 15) is 0 Å². The molecule has 5 heteroatoms. The number of aromatic amines is 2. The minimum Gasteiger partial charge on any atom is -0.364 e. The van der Waals surface area contributed by atoms with Crippen molar-refractivity contribution in [3.63, 3.8) is 0 Å². The van der Waals surface area contributed by atoms with Crippen molar-refractivity contribution >= 4 is 27.8 Å². The molecule has 0 aliphatic carbocycles. The minimum absolute atomic E-state index is 0.703. The van der Waals surface area contributed by atoms with E-state index in [2.05, 4.69) is 56.4 Å². The summed E-state index contributed by atoms with van der Waals surface area (Å²) in [5.41, 5.74) is 4.41. The average Bonchev–Trinajstić information content (AvgIpc) is 3.16. The van der Waals surface area contributed by atoms with Gasteiger partial charge in [-0.25, -0.2) is 9.97 Å². The number of hydrogen-bond acceptors (Lipinski definition) is 3. The molecule has 0 spiro atoms. The van der Waals surface area contributed by atoms with Crippen molar-refractivity contribution in [2.24, 2.45) is 0 Å². The Morgan fingerprint density at radius 2 is 2.09 bits per heavy atom. The number of aromatic nitrogens is 4. The van der Waals surface area contributed by atoms with Crippen molar-refractivity contribution in [1.29, 1.82) is 0 Å². The van der Waals surface area contributed by atoms with Crippen LogP contribution < -0.4 is 5.32 Å². The third-order valence-corrected chi connectivity index (χ3v) is 3.96. The van der Waals surface area contributed by atoms with Gasteiger partial charge in [-0.2, -0.15) is 0 Å². The van der Waals surface area contributed by atoms with Crippen molar-refractivity contribution in [2.45, 2.75) is 19.9 Å². The monoisotopic (exact) mass is 291 g/mol. The predicted octanol–water partition coefficient (Wildman–Crippen LogP) is 3.61. The molecule has 3 heterocycles. The van der Waals surface area contributed by atoms with E-state index in [0.717, 1.165) is 34.5 Å². The third-order valence-electron chi connectivity index (χ3n) is 3.96. The lowest BCUT2D eigenvalue weighted by Crippen LogP contribution is -2.03. The molecule has 1 aromatic carbocycles. The number of aryl methyl sites for hydroxylation is 1. The highest BCUT2D eigenvalue weighted by Gasteiger charge is 2.10. The van der Waals surface area contributed by atoms with Crippen LogP contribution in [0.25, 0.3) is 21.9 Å². The van der Waals surface area contributed by atoms with Crippen LogP contribution in [0.4, 0.5) is 5.82 Å². The van der Waals surface area contributed by atoms with Crippen LogP contribution >= 0.6 is 0 Å². The van der Waals surface area contributed by atoms with Gasteiger partial charge in [0.2, 0.25) is 0 Å². The molecule has 0 radical (unpaired) electrons. The molecule has 110 valence electrons. The Bertz CT molecular complexity index is 901. The molecule has 0 amide bonds. The number of benzene rings is 1. The maximum absolute atomic E-state index is 4.40. The van der Waals surface area contributed by atoms with Crippen LogP contribution in [0.1, 0.15) is 18.2 Å². The summed E-state index contributed by atoms with van der Waals surface area (Å²) in [6.45, 7) is 2.84. The van der Waals surface area contributed by atoms with E-state index in [1.54, 1.807) is 6.33 Å². The fraction of sp³-hybridized carbons (Fsp3) is 0.176. The highest BCUT2D eigenvalue weighted by Crippen LogP contribution is 2.24. The molecule has 4 aromatic rings. The van der Waals surface area contributed by atoms with Crippen LogP contribution in [0.3, 0.4) is 0 Å². The maximum Gasteiger partial charge on any atom is 0.143 e. The number of hydrogen-bond donors (Lipinski definition) is 3. The number of para-hydroxylation sites is 1. The Labute approximate surface area is 127 Å². The standard InChI is InChI=1S/C17H17N5/c1-2-11-8-18-16-15(11)17(21-10-20-16)19-9-13-7-12-5-3-4-6-14(12)22-13/h3-8,10,22H,2,9H2,1H3,(H2,18,19,20,21). The van der Waals surface area contributed by atoms with Gasteiger partial charge in [0, 0.05) is 17.4 Å². The van der Waals surface area contributed by atoms with Gasteiger partial charge in [0.1, 0.15) is 17.8 Å². The second-order valence-corrected chi connectivity index (χ2v) is 5.35. The minimum atomic E-state index is 0.703. The molecule has 0 fully saturated rings. The molecule has 0 saturated heterocycles. The first kappa shape index (κ1) is 12.9. The quantitative estimate of drug-likeness (QED) is 0.538. The Morgan fingerprint density at radius 3 is 2.95 bits per heavy atom. The molecule has 3 aromatic heterocycles. The zero-order chi connectivity index (χ0) is 14.9. The van der Waals surface area contributed by atoms with Crippen LogP contribution in [0.2, 0.25) is 0 Å². The second kappa shape index (κ2) is 5.18. The summed E-state index contributed by atoms with van der Waals surface area (Å²) in [7, 11) is 0. The number of H-pyrrole nitrogens is 2. The summed E-state index contributed by atoms with van der Waals surface area (Å²) >= 11 is 0. The van der Waals surface area contributed by atoms with Gasteiger partial charge in [-0.15, -0.1) is 0 Å². The van der Waals surface area contributed by atoms with E-state index >= 15 is 0 Å². The van der Waals surface area contributed by atoms with Crippen molar-refractivity contribution in [3.8, 4) is 0 Å². The first-order chi connectivity index (χ1) is 10.8. The molecule has 4 rings (SSSR count). The third kappa shape index (κ3) is 2.11. The number of rotatable bonds is 4. The SMILES string of the molecule is CCc1c[nH]c2ncnc(NCc3cc4ccccc4[nH]3)c12. The van der Waals surface area contributed by atoms with E-state index in [0.29, 0.717) is 6.54 Å². The van der Waals surface area contributed by atoms with Gasteiger partial charge in [0.25, 0.3) is 0 Å². The van der Waals surface area contributed by atoms with E-state index in [1.807, 2.05) is 12.3 Å². The summed E-state index contributed by atoms with van der Waals surface area (Å²) < 4.78 is 0. The fourth-order valence-electron chi connectivity index (χ4n) is 2.85. The molecule has 0 bridgehead atoms. The molecular weight excluding hydrogens is 274 g/mol. The molecule has 22 heavy (non-hydrogen) atoms. The Kier molecular flexibility index (Phi) is 3.04. The highest BCUT2D eigenvalue weighted by atomic mass is 15.0. The van der Waals surface area contributed by atoms with Crippen molar-refractivity contribution in [3.05, 3.63) is 54.1 Å². The number of nitrogens with one attached hydrogen (secondary N) is 3. The Hall–Kier alpha value is -2.82. The van der Waals surface area contributed by atoms with Gasteiger partial charge >= 0.3 is 0 Å². The normalized spacial score (nSPS) is 11.3. The molecule has 3 N–H and O–H groups in total. The Morgan fingerprint density at radius 1 is 1.18 bits per heavy atom. The molecule has 0 atom stereocenters. The average molecular weight is 291 g/mol.